The number of nitrogens with one attached hydrogen (secondary N) is 1. The van der Waals surface area contributed by atoms with Crippen LogP contribution in [0, 0.1) is 12.8 Å². The summed E-state index contributed by atoms with van der Waals surface area (Å²) in [7, 11) is -3.93. The van der Waals surface area contributed by atoms with Gasteiger partial charge in [0.2, 0.25) is 0 Å². The second kappa shape index (κ2) is 9.38. The molecule has 1 aliphatic rings. The number of hydrogen-bond donors (Lipinski definition) is 2. The molecule has 0 bridgehead atoms. The van der Waals surface area contributed by atoms with Crippen LogP contribution in [0.25, 0.3) is 0 Å². The molecule has 0 radical (unpaired) electrons. The second-order valence-electron chi connectivity index (χ2n) is 7.49. The van der Waals surface area contributed by atoms with Gasteiger partial charge in [0.1, 0.15) is 0 Å². The lowest BCUT2D eigenvalue weighted by molar-refractivity contribution is -0.148. The third-order valence-corrected chi connectivity index (χ3v) is 6.58. The first-order chi connectivity index (χ1) is 14.7. The molecule has 1 saturated heterocycles. The second-order valence-corrected chi connectivity index (χ2v) is 9.18. The fourth-order valence-electron chi connectivity index (χ4n) is 3.60. The number of carboxylic acids is 1. The lowest BCUT2D eigenvalue weighted by Gasteiger charge is -2.34. The van der Waals surface area contributed by atoms with Crippen LogP contribution in [0.1, 0.15) is 35.7 Å². The smallest absolute Gasteiger partial charge is 0.335 e. The predicted octanol–water partition coefficient (Wildman–Crippen LogP) is 3.27. The SMILES string of the molecule is CCOC(=O)[C@H]1CCCN(c2ccc(C(=O)O)cc2NS(=O)(=O)c2ccc(C)cc2)C1. The van der Waals surface area contributed by atoms with Crippen molar-refractivity contribution >= 4 is 33.3 Å². The fourth-order valence-corrected chi connectivity index (χ4v) is 4.66. The van der Waals surface area contributed by atoms with Crippen LogP contribution in [-0.4, -0.2) is 45.2 Å². The van der Waals surface area contributed by atoms with Crippen LogP contribution >= 0.6 is 0 Å². The molecule has 0 amide bonds. The summed E-state index contributed by atoms with van der Waals surface area (Å²) in [6.07, 6.45) is 1.42. The maximum atomic E-state index is 12.9. The number of nitrogens with zero attached hydrogens (tertiary/aromatic N) is 1. The standard InChI is InChI=1S/C22H26N2O6S/c1-3-30-22(27)17-5-4-12-24(14-17)20-11-8-16(21(25)26)13-19(20)23-31(28,29)18-9-6-15(2)7-10-18/h6-11,13,17,23H,3-5,12,14H2,1-2H3,(H,25,26)/t17-/m0/s1. The largest absolute Gasteiger partial charge is 0.478 e. The van der Waals surface area contributed by atoms with Crippen molar-refractivity contribution in [2.75, 3.05) is 29.3 Å². The molecule has 2 N–H and O–H groups in total. The highest BCUT2D eigenvalue weighted by Crippen LogP contribution is 2.33. The highest BCUT2D eigenvalue weighted by Gasteiger charge is 2.29. The molecule has 1 heterocycles. The van der Waals surface area contributed by atoms with Crippen molar-refractivity contribution in [1.29, 1.82) is 0 Å². The van der Waals surface area contributed by atoms with Crippen molar-refractivity contribution in [2.24, 2.45) is 5.92 Å². The molecule has 1 fully saturated rings. The quantitative estimate of drug-likeness (QED) is 0.628. The molecule has 0 spiro atoms. The molecular formula is C22H26N2O6S. The molecule has 9 heteroatoms. The van der Waals surface area contributed by atoms with Crippen molar-refractivity contribution in [2.45, 2.75) is 31.6 Å². The summed E-state index contributed by atoms with van der Waals surface area (Å²) in [5.74, 6) is -1.77. The normalized spacial score (nSPS) is 16.6. The van der Waals surface area contributed by atoms with Crippen molar-refractivity contribution in [3.63, 3.8) is 0 Å². The van der Waals surface area contributed by atoms with Crippen molar-refractivity contribution < 1.29 is 27.9 Å². The number of aromatic carboxylic acids is 1. The van der Waals surface area contributed by atoms with Gasteiger partial charge in [-0.3, -0.25) is 9.52 Å². The summed E-state index contributed by atoms with van der Waals surface area (Å²) >= 11 is 0. The molecule has 1 aliphatic heterocycles. The van der Waals surface area contributed by atoms with Gasteiger partial charge < -0.3 is 14.7 Å². The maximum Gasteiger partial charge on any atom is 0.335 e. The lowest BCUT2D eigenvalue weighted by atomic mass is 9.97. The van der Waals surface area contributed by atoms with E-state index in [1.807, 2.05) is 11.8 Å². The first kappa shape index (κ1) is 22.6. The zero-order valence-corrected chi connectivity index (χ0v) is 18.3. The van der Waals surface area contributed by atoms with Gasteiger partial charge >= 0.3 is 11.9 Å². The zero-order chi connectivity index (χ0) is 22.6. The van der Waals surface area contributed by atoms with E-state index in [2.05, 4.69) is 4.72 Å². The Morgan fingerprint density at radius 1 is 1.19 bits per heavy atom. The number of ether oxygens (including phenoxy) is 1. The molecule has 2 aromatic carbocycles. The Labute approximate surface area is 181 Å². The summed E-state index contributed by atoms with van der Waals surface area (Å²) in [6, 6.07) is 10.7. The minimum atomic E-state index is -3.93. The molecule has 31 heavy (non-hydrogen) atoms. The molecular weight excluding hydrogens is 420 g/mol. The number of hydrogen-bond acceptors (Lipinski definition) is 6. The first-order valence-electron chi connectivity index (χ1n) is 10.1. The van der Waals surface area contributed by atoms with Crippen LogP contribution in [0.3, 0.4) is 0 Å². The van der Waals surface area contributed by atoms with E-state index in [1.54, 1.807) is 25.1 Å². The Morgan fingerprint density at radius 2 is 1.90 bits per heavy atom. The third kappa shape index (κ3) is 5.35. The van der Waals surface area contributed by atoms with Gasteiger partial charge in [-0.25, -0.2) is 13.2 Å². The maximum absolute atomic E-state index is 12.9. The van der Waals surface area contributed by atoms with Crippen molar-refractivity contribution in [3.8, 4) is 0 Å². The van der Waals surface area contributed by atoms with Crippen LogP contribution in [-0.2, 0) is 19.6 Å². The van der Waals surface area contributed by atoms with Gasteiger partial charge in [0, 0.05) is 13.1 Å². The van der Waals surface area contributed by atoms with Gasteiger partial charge in [-0.05, 0) is 57.0 Å². The topological polar surface area (TPSA) is 113 Å². The minimum Gasteiger partial charge on any atom is -0.478 e. The van der Waals surface area contributed by atoms with Crippen molar-refractivity contribution in [3.05, 3.63) is 53.6 Å². The van der Waals surface area contributed by atoms with Gasteiger partial charge in [-0.15, -0.1) is 0 Å². The molecule has 0 aliphatic carbocycles. The van der Waals surface area contributed by atoms with Gasteiger partial charge in [0.05, 0.1) is 34.4 Å². The molecule has 0 unspecified atom stereocenters. The van der Waals surface area contributed by atoms with E-state index in [9.17, 15) is 23.1 Å². The minimum absolute atomic E-state index is 0.0377. The van der Waals surface area contributed by atoms with Crippen LogP contribution < -0.4 is 9.62 Å². The number of sulfonamides is 1. The van der Waals surface area contributed by atoms with E-state index in [4.69, 9.17) is 4.74 Å². The Morgan fingerprint density at radius 3 is 2.55 bits per heavy atom. The molecule has 2 aromatic rings. The zero-order valence-electron chi connectivity index (χ0n) is 17.5. The van der Waals surface area contributed by atoms with Gasteiger partial charge in [0.15, 0.2) is 0 Å². The fraction of sp³-hybridized carbons (Fsp3) is 0.364. The number of aryl methyl sites for hydroxylation is 1. The molecule has 8 nitrogen and oxygen atoms in total. The lowest BCUT2D eigenvalue weighted by Crippen LogP contribution is -2.39. The first-order valence-corrected chi connectivity index (χ1v) is 11.6. The average molecular weight is 447 g/mol. The Balaban J connectivity index is 1.95. The molecule has 166 valence electrons. The van der Waals surface area contributed by atoms with Gasteiger partial charge in [-0.2, -0.15) is 0 Å². The predicted molar refractivity (Wildman–Crippen MR) is 117 cm³/mol. The number of benzene rings is 2. The molecule has 1 atom stereocenters. The van der Waals surface area contributed by atoms with Crippen LogP contribution in [0.15, 0.2) is 47.4 Å². The highest BCUT2D eigenvalue weighted by atomic mass is 32.2. The Kier molecular flexibility index (Phi) is 6.84. The Bertz CT molecular complexity index is 1070. The van der Waals surface area contributed by atoms with Crippen LogP contribution in [0.4, 0.5) is 11.4 Å². The number of carbonyl (C=O) groups excluding carboxylic acids is 1. The van der Waals surface area contributed by atoms with Crippen molar-refractivity contribution in [1.82, 2.24) is 0 Å². The van der Waals surface area contributed by atoms with Gasteiger partial charge in [-0.1, -0.05) is 17.7 Å². The molecule has 0 saturated carbocycles. The van der Waals surface area contributed by atoms with E-state index >= 15 is 0 Å². The highest BCUT2D eigenvalue weighted by molar-refractivity contribution is 7.92. The van der Waals surface area contributed by atoms with E-state index in [1.165, 1.54) is 24.3 Å². The summed E-state index contributed by atoms with van der Waals surface area (Å²) in [5, 5.41) is 9.38. The monoisotopic (exact) mass is 446 g/mol. The average Bonchev–Trinajstić information content (AvgIpc) is 2.74. The van der Waals surface area contributed by atoms with E-state index in [-0.39, 0.29) is 28.0 Å². The Hall–Kier alpha value is -3.07. The summed E-state index contributed by atoms with van der Waals surface area (Å²) in [6.45, 7) is 4.88. The number of anilines is 2. The summed E-state index contributed by atoms with van der Waals surface area (Å²) in [4.78, 5) is 25.7. The number of carbonyl (C=O) groups is 2. The molecule has 3 rings (SSSR count). The number of esters is 1. The van der Waals surface area contributed by atoms with E-state index in [0.29, 0.717) is 31.8 Å². The van der Waals surface area contributed by atoms with Crippen LogP contribution in [0.5, 0.6) is 0 Å². The van der Waals surface area contributed by atoms with Crippen LogP contribution in [0.2, 0.25) is 0 Å². The third-order valence-electron chi connectivity index (χ3n) is 5.20. The number of piperidine rings is 1. The molecule has 0 aromatic heterocycles. The van der Waals surface area contributed by atoms with E-state index in [0.717, 1.165) is 12.0 Å². The van der Waals surface area contributed by atoms with Gasteiger partial charge in [0.25, 0.3) is 10.0 Å². The van der Waals surface area contributed by atoms with E-state index < -0.39 is 16.0 Å². The number of carboxylic acid groups (broad SMARTS) is 1. The summed E-state index contributed by atoms with van der Waals surface area (Å²) < 4.78 is 33.5. The number of rotatable bonds is 7. The summed E-state index contributed by atoms with van der Waals surface area (Å²) in [5.41, 5.74) is 1.56.